The Balaban J connectivity index is 1.87. The minimum Gasteiger partial charge on any atom is -0.497 e. The molecule has 3 aromatic rings. The second kappa shape index (κ2) is 9.04. The van der Waals surface area contributed by atoms with E-state index < -0.39 is 11.9 Å². The van der Waals surface area contributed by atoms with Crippen LogP contribution in [0.4, 0.5) is 5.69 Å². The van der Waals surface area contributed by atoms with E-state index in [2.05, 4.69) is 4.98 Å². The Kier molecular flexibility index (Phi) is 5.99. The second-order valence-corrected chi connectivity index (χ2v) is 7.12. The molecule has 1 aliphatic rings. The molecule has 0 fully saturated rings. The van der Waals surface area contributed by atoms with Gasteiger partial charge in [-0.2, -0.15) is 0 Å². The number of fused-ring (bicyclic) bond motifs is 1. The molecule has 0 N–H and O–H groups in total. The van der Waals surface area contributed by atoms with Gasteiger partial charge in [0, 0.05) is 23.5 Å². The van der Waals surface area contributed by atoms with Crippen molar-refractivity contribution in [1.82, 2.24) is 4.98 Å². The third kappa shape index (κ3) is 3.98. The molecule has 0 unspecified atom stereocenters. The maximum absolute atomic E-state index is 12.7. The number of nitrogens with zero attached hydrogens (tertiary/aromatic N) is 2. The number of hydrogen-bond acceptors (Lipinski definition) is 8. The zero-order chi connectivity index (χ0) is 23.5. The van der Waals surface area contributed by atoms with Gasteiger partial charge in [0.2, 0.25) is 5.89 Å². The van der Waals surface area contributed by atoms with Crippen molar-refractivity contribution in [2.24, 2.45) is 0 Å². The number of methoxy groups -OCH3 is 3. The monoisotopic (exact) mass is 446 g/mol. The Labute approximate surface area is 190 Å². The highest BCUT2D eigenvalue weighted by molar-refractivity contribution is 6.05. The molecule has 0 saturated carbocycles. The van der Waals surface area contributed by atoms with E-state index in [1.807, 2.05) is 25.1 Å². The fourth-order valence-electron chi connectivity index (χ4n) is 3.62. The number of anilines is 1. The van der Waals surface area contributed by atoms with Gasteiger partial charge in [-0.15, -0.1) is 0 Å². The van der Waals surface area contributed by atoms with Gasteiger partial charge in [0.1, 0.15) is 17.0 Å². The van der Waals surface area contributed by atoms with Crippen molar-refractivity contribution in [3.05, 3.63) is 77.7 Å². The van der Waals surface area contributed by atoms with Crippen LogP contribution in [-0.2, 0) is 19.1 Å². The van der Waals surface area contributed by atoms with Crippen molar-refractivity contribution < 1.29 is 28.2 Å². The Morgan fingerprint density at radius 2 is 1.79 bits per heavy atom. The van der Waals surface area contributed by atoms with E-state index in [1.165, 1.54) is 20.3 Å². The lowest BCUT2D eigenvalue weighted by Crippen LogP contribution is -2.27. The first kappa shape index (κ1) is 21.9. The maximum atomic E-state index is 12.7. The third-order valence-corrected chi connectivity index (χ3v) is 5.28. The number of carbonyl (C=O) groups is 2. The van der Waals surface area contributed by atoms with Crippen LogP contribution in [0.15, 0.2) is 76.5 Å². The predicted octanol–water partition coefficient (Wildman–Crippen LogP) is 4.30. The van der Waals surface area contributed by atoms with Gasteiger partial charge in [0.05, 0.1) is 26.9 Å². The first-order chi connectivity index (χ1) is 16.0. The van der Waals surface area contributed by atoms with Gasteiger partial charge in [0.25, 0.3) is 0 Å². The van der Waals surface area contributed by atoms with E-state index in [4.69, 9.17) is 18.6 Å². The van der Waals surface area contributed by atoms with Crippen LogP contribution in [0.25, 0.3) is 22.6 Å². The molecule has 8 nitrogen and oxygen atoms in total. The Morgan fingerprint density at radius 3 is 2.52 bits per heavy atom. The molecule has 0 radical (unpaired) electrons. The lowest BCUT2D eigenvalue weighted by Gasteiger charge is -2.25. The highest BCUT2D eigenvalue weighted by Crippen LogP contribution is 2.35. The largest absolute Gasteiger partial charge is 0.497 e. The van der Waals surface area contributed by atoms with E-state index in [0.717, 1.165) is 11.1 Å². The summed E-state index contributed by atoms with van der Waals surface area (Å²) in [6, 6.07) is 10.9. The Hall–Kier alpha value is -4.33. The van der Waals surface area contributed by atoms with Crippen LogP contribution in [-0.4, -0.2) is 38.3 Å². The highest BCUT2D eigenvalue weighted by atomic mass is 16.5. The number of ether oxygens (including phenoxy) is 3. The van der Waals surface area contributed by atoms with Gasteiger partial charge >= 0.3 is 11.9 Å². The molecule has 0 amide bonds. The SMILES string of the molecule is COC(=O)C1=C(C(=O)OC)N(c2cccc(-c3nc4cc(OC)ccc4o3)c2C)C=CC=C1. The quantitative estimate of drug-likeness (QED) is 0.536. The normalized spacial score (nSPS) is 13.3. The van der Waals surface area contributed by atoms with Crippen molar-refractivity contribution in [3.63, 3.8) is 0 Å². The fraction of sp³-hybridized carbons (Fsp3) is 0.160. The van der Waals surface area contributed by atoms with Gasteiger partial charge in [-0.05, 0) is 48.9 Å². The van der Waals surface area contributed by atoms with Crippen LogP contribution in [0.1, 0.15) is 5.56 Å². The number of benzene rings is 2. The Bertz CT molecular complexity index is 1330. The fourth-order valence-corrected chi connectivity index (χ4v) is 3.62. The van der Waals surface area contributed by atoms with Gasteiger partial charge < -0.3 is 23.5 Å². The number of esters is 2. The van der Waals surface area contributed by atoms with Crippen LogP contribution in [0.3, 0.4) is 0 Å². The topological polar surface area (TPSA) is 91.1 Å². The molecule has 4 rings (SSSR count). The first-order valence-corrected chi connectivity index (χ1v) is 10.1. The molecule has 0 bridgehead atoms. The summed E-state index contributed by atoms with van der Waals surface area (Å²) in [6.07, 6.45) is 6.57. The highest BCUT2D eigenvalue weighted by Gasteiger charge is 2.29. The summed E-state index contributed by atoms with van der Waals surface area (Å²) in [5.74, 6) is -0.225. The lowest BCUT2D eigenvalue weighted by atomic mass is 10.0. The molecule has 0 spiro atoms. The van der Waals surface area contributed by atoms with E-state index in [0.29, 0.717) is 28.4 Å². The summed E-state index contributed by atoms with van der Waals surface area (Å²) in [5, 5.41) is 0. The molecule has 0 saturated heterocycles. The maximum Gasteiger partial charge on any atom is 0.355 e. The molecule has 2 heterocycles. The second-order valence-electron chi connectivity index (χ2n) is 7.12. The van der Waals surface area contributed by atoms with E-state index >= 15 is 0 Å². The molecule has 8 heteroatoms. The molecule has 1 aliphatic heterocycles. The van der Waals surface area contributed by atoms with Crippen LogP contribution >= 0.6 is 0 Å². The smallest absolute Gasteiger partial charge is 0.355 e. The summed E-state index contributed by atoms with van der Waals surface area (Å²) in [7, 11) is 4.11. The summed E-state index contributed by atoms with van der Waals surface area (Å²) in [6.45, 7) is 1.89. The minimum absolute atomic E-state index is 0.0388. The molecule has 0 aliphatic carbocycles. The van der Waals surface area contributed by atoms with Crippen molar-refractivity contribution in [1.29, 1.82) is 0 Å². The molecule has 1 aromatic heterocycles. The van der Waals surface area contributed by atoms with Gasteiger partial charge in [-0.3, -0.25) is 0 Å². The van der Waals surface area contributed by atoms with E-state index in [-0.39, 0.29) is 11.3 Å². The van der Waals surface area contributed by atoms with Gasteiger partial charge in [0.15, 0.2) is 5.58 Å². The molecular formula is C25H22N2O6. The van der Waals surface area contributed by atoms with Crippen LogP contribution in [0.5, 0.6) is 5.75 Å². The van der Waals surface area contributed by atoms with E-state index in [9.17, 15) is 9.59 Å². The zero-order valence-corrected chi connectivity index (χ0v) is 18.6. The summed E-state index contributed by atoms with van der Waals surface area (Å²) >= 11 is 0. The molecular weight excluding hydrogens is 424 g/mol. The minimum atomic E-state index is -0.676. The summed E-state index contributed by atoms with van der Waals surface area (Å²) in [5.41, 5.74) is 3.57. The van der Waals surface area contributed by atoms with E-state index in [1.54, 1.807) is 48.6 Å². The average Bonchev–Trinajstić information content (AvgIpc) is 3.14. The summed E-state index contributed by atoms with van der Waals surface area (Å²) < 4.78 is 21.1. The molecule has 33 heavy (non-hydrogen) atoms. The number of rotatable bonds is 5. The molecule has 168 valence electrons. The number of aromatic nitrogens is 1. The zero-order valence-electron chi connectivity index (χ0n) is 18.6. The van der Waals surface area contributed by atoms with Crippen LogP contribution in [0.2, 0.25) is 0 Å². The molecule has 2 aromatic carbocycles. The third-order valence-electron chi connectivity index (χ3n) is 5.28. The predicted molar refractivity (Wildman–Crippen MR) is 123 cm³/mol. The first-order valence-electron chi connectivity index (χ1n) is 10.1. The lowest BCUT2D eigenvalue weighted by molar-refractivity contribution is -0.139. The van der Waals surface area contributed by atoms with Crippen molar-refractivity contribution >= 4 is 28.7 Å². The van der Waals surface area contributed by atoms with Crippen molar-refractivity contribution in [2.75, 3.05) is 26.2 Å². The van der Waals surface area contributed by atoms with Crippen molar-refractivity contribution in [2.45, 2.75) is 6.92 Å². The standard InChI is InChI=1S/C25H22N2O6/c1-15-17(23-26-19-14-16(30-2)11-12-21(19)33-23)9-7-10-20(15)27-13-6-5-8-18(24(28)31-3)22(27)25(29)32-4/h5-14H,1-4H3. The summed E-state index contributed by atoms with van der Waals surface area (Å²) in [4.78, 5) is 31.4. The Morgan fingerprint density at radius 1 is 1.00 bits per heavy atom. The van der Waals surface area contributed by atoms with Crippen LogP contribution in [0, 0.1) is 6.92 Å². The number of carbonyl (C=O) groups excluding carboxylic acids is 2. The van der Waals surface area contributed by atoms with Crippen LogP contribution < -0.4 is 9.64 Å². The van der Waals surface area contributed by atoms with Crippen molar-refractivity contribution in [3.8, 4) is 17.2 Å². The van der Waals surface area contributed by atoms with Gasteiger partial charge in [-0.25, -0.2) is 14.6 Å². The number of hydrogen-bond donors (Lipinski definition) is 0. The number of oxazole rings is 1. The van der Waals surface area contributed by atoms with Gasteiger partial charge in [-0.1, -0.05) is 12.1 Å². The number of allylic oxidation sites excluding steroid dienone is 2. The molecule has 0 atom stereocenters. The average molecular weight is 446 g/mol.